The molecule has 2 rings (SSSR count). The van der Waals surface area contributed by atoms with E-state index in [0.717, 1.165) is 0 Å². The topological polar surface area (TPSA) is 78.9 Å². The van der Waals surface area contributed by atoms with E-state index in [0.29, 0.717) is 31.6 Å². The summed E-state index contributed by atoms with van der Waals surface area (Å²) in [5, 5.41) is 12.4. The van der Waals surface area contributed by atoms with Crippen LogP contribution in [-0.2, 0) is 9.53 Å². The van der Waals surface area contributed by atoms with Gasteiger partial charge in [0.2, 0.25) is 5.91 Å². The molecule has 6 heteroatoms. The molecule has 23 heavy (non-hydrogen) atoms. The zero-order chi connectivity index (χ0) is 17.0. The number of nitrogens with one attached hydrogen (secondary N) is 1. The molecule has 1 aliphatic heterocycles. The van der Waals surface area contributed by atoms with Crippen molar-refractivity contribution in [3.05, 3.63) is 24.3 Å². The van der Waals surface area contributed by atoms with Crippen molar-refractivity contribution in [2.24, 2.45) is 5.92 Å². The summed E-state index contributed by atoms with van der Waals surface area (Å²) in [5.74, 6) is -0.254. The summed E-state index contributed by atoms with van der Waals surface area (Å²) in [6.45, 7) is 6.48. The van der Waals surface area contributed by atoms with Crippen LogP contribution in [0.5, 0.6) is 5.75 Å². The Morgan fingerprint density at radius 1 is 1.22 bits per heavy atom. The molecule has 0 aliphatic carbocycles. The van der Waals surface area contributed by atoms with Gasteiger partial charge in [0, 0.05) is 19.0 Å². The molecule has 1 fully saturated rings. The lowest BCUT2D eigenvalue weighted by Crippen LogP contribution is -2.43. The number of phenolic OH excluding ortho intramolecular Hbond substituents is 1. The molecule has 0 saturated carbocycles. The second-order valence-corrected chi connectivity index (χ2v) is 6.75. The molecular formula is C17H24N2O4. The van der Waals surface area contributed by atoms with Crippen LogP contribution in [0.3, 0.4) is 0 Å². The summed E-state index contributed by atoms with van der Waals surface area (Å²) < 4.78 is 5.34. The lowest BCUT2D eigenvalue weighted by Gasteiger charge is -2.32. The third kappa shape index (κ3) is 4.87. The van der Waals surface area contributed by atoms with Crippen molar-refractivity contribution in [3.8, 4) is 5.75 Å². The molecule has 6 nitrogen and oxygen atoms in total. The fourth-order valence-corrected chi connectivity index (χ4v) is 2.46. The number of hydrogen-bond donors (Lipinski definition) is 2. The van der Waals surface area contributed by atoms with Gasteiger partial charge in [-0.2, -0.15) is 0 Å². The van der Waals surface area contributed by atoms with E-state index >= 15 is 0 Å². The number of carbonyl (C=O) groups is 2. The summed E-state index contributed by atoms with van der Waals surface area (Å²) in [4.78, 5) is 25.9. The van der Waals surface area contributed by atoms with Crippen molar-refractivity contribution in [2.75, 3.05) is 18.4 Å². The molecule has 0 atom stereocenters. The number of piperidine rings is 1. The Bertz CT molecular complexity index is 572. The van der Waals surface area contributed by atoms with Gasteiger partial charge in [-0.3, -0.25) is 4.79 Å². The first-order chi connectivity index (χ1) is 10.8. The normalized spacial score (nSPS) is 16.0. The second kappa shape index (κ2) is 6.89. The largest absolute Gasteiger partial charge is 0.506 e. The minimum Gasteiger partial charge on any atom is -0.506 e. The van der Waals surface area contributed by atoms with Gasteiger partial charge in [0.15, 0.2) is 0 Å². The predicted octanol–water partition coefficient (Wildman–Crippen LogP) is 2.98. The van der Waals surface area contributed by atoms with Gasteiger partial charge < -0.3 is 20.1 Å². The van der Waals surface area contributed by atoms with Crippen LogP contribution in [0.25, 0.3) is 0 Å². The van der Waals surface area contributed by atoms with Crippen molar-refractivity contribution >= 4 is 17.7 Å². The number of phenols is 1. The van der Waals surface area contributed by atoms with E-state index in [1.165, 1.54) is 6.07 Å². The maximum Gasteiger partial charge on any atom is 0.410 e. The molecular weight excluding hydrogens is 296 g/mol. The highest BCUT2D eigenvalue weighted by Gasteiger charge is 2.30. The highest BCUT2D eigenvalue weighted by atomic mass is 16.6. The van der Waals surface area contributed by atoms with Crippen LogP contribution in [0, 0.1) is 5.92 Å². The third-order valence-corrected chi connectivity index (χ3v) is 3.68. The molecule has 2 N–H and O–H groups in total. The van der Waals surface area contributed by atoms with E-state index in [4.69, 9.17) is 4.74 Å². The summed E-state index contributed by atoms with van der Waals surface area (Å²) in [5.41, 5.74) is -0.108. The Morgan fingerprint density at radius 2 is 1.83 bits per heavy atom. The smallest absolute Gasteiger partial charge is 0.410 e. The minimum atomic E-state index is -0.518. The van der Waals surface area contributed by atoms with Crippen molar-refractivity contribution in [1.82, 2.24) is 4.90 Å². The van der Waals surface area contributed by atoms with Gasteiger partial charge in [-0.1, -0.05) is 12.1 Å². The lowest BCUT2D eigenvalue weighted by molar-refractivity contribution is -0.121. The van der Waals surface area contributed by atoms with E-state index in [2.05, 4.69) is 5.32 Å². The molecule has 0 radical (unpaired) electrons. The number of nitrogens with zero attached hydrogens (tertiary/aromatic N) is 1. The number of likely N-dealkylation sites (tertiary alicyclic amines) is 1. The van der Waals surface area contributed by atoms with Crippen LogP contribution in [0.15, 0.2) is 24.3 Å². The number of amides is 2. The Balaban J connectivity index is 1.85. The number of ether oxygens (including phenoxy) is 1. The maximum absolute atomic E-state index is 12.3. The van der Waals surface area contributed by atoms with Crippen molar-refractivity contribution in [3.63, 3.8) is 0 Å². The highest BCUT2D eigenvalue weighted by Crippen LogP contribution is 2.25. The average Bonchev–Trinajstić information content (AvgIpc) is 2.48. The number of aromatic hydroxyl groups is 1. The van der Waals surface area contributed by atoms with Crippen LogP contribution in [0.4, 0.5) is 10.5 Å². The SMILES string of the molecule is CC(C)(C)OC(=O)N1CCC(C(=O)Nc2ccccc2O)CC1. The van der Waals surface area contributed by atoms with E-state index in [1.807, 2.05) is 20.8 Å². The minimum absolute atomic E-state index is 0.0482. The summed E-state index contributed by atoms with van der Waals surface area (Å²) in [7, 11) is 0. The lowest BCUT2D eigenvalue weighted by atomic mass is 9.96. The highest BCUT2D eigenvalue weighted by molar-refractivity contribution is 5.94. The van der Waals surface area contributed by atoms with Gasteiger partial charge in [0.05, 0.1) is 5.69 Å². The van der Waals surface area contributed by atoms with Crippen LogP contribution in [0.1, 0.15) is 33.6 Å². The van der Waals surface area contributed by atoms with Crippen LogP contribution in [0.2, 0.25) is 0 Å². The molecule has 0 bridgehead atoms. The van der Waals surface area contributed by atoms with Crippen molar-refractivity contribution in [2.45, 2.75) is 39.2 Å². The molecule has 126 valence electrons. The standard InChI is InChI=1S/C17H24N2O4/c1-17(2,3)23-16(22)19-10-8-12(9-11-19)15(21)18-13-6-4-5-7-14(13)20/h4-7,12,20H,8-11H2,1-3H3,(H,18,21). The zero-order valence-corrected chi connectivity index (χ0v) is 13.8. The molecule has 1 aliphatic rings. The number of rotatable bonds is 2. The molecule has 0 aromatic heterocycles. The van der Waals surface area contributed by atoms with Gasteiger partial charge >= 0.3 is 6.09 Å². The first kappa shape index (κ1) is 17.1. The van der Waals surface area contributed by atoms with Gasteiger partial charge in [-0.15, -0.1) is 0 Å². The third-order valence-electron chi connectivity index (χ3n) is 3.68. The van der Waals surface area contributed by atoms with E-state index in [-0.39, 0.29) is 23.7 Å². The van der Waals surface area contributed by atoms with Gasteiger partial charge in [0.25, 0.3) is 0 Å². The van der Waals surface area contributed by atoms with Gasteiger partial charge in [-0.05, 0) is 45.7 Å². The van der Waals surface area contributed by atoms with E-state index < -0.39 is 5.60 Å². The molecule has 1 saturated heterocycles. The first-order valence-corrected chi connectivity index (χ1v) is 7.83. The summed E-state index contributed by atoms with van der Waals surface area (Å²) >= 11 is 0. The quantitative estimate of drug-likeness (QED) is 0.821. The Kier molecular flexibility index (Phi) is 5.13. The average molecular weight is 320 g/mol. The number of carbonyl (C=O) groups excluding carboxylic acids is 2. The number of anilines is 1. The fourth-order valence-electron chi connectivity index (χ4n) is 2.46. The number of benzene rings is 1. The molecule has 2 amide bonds. The Labute approximate surface area is 136 Å². The predicted molar refractivity (Wildman–Crippen MR) is 87.3 cm³/mol. The number of hydrogen-bond acceptors (Lipinski definition) is 4. The van der Waals surface area contributed by atoms with Crippen molar-refractivity contribution < 1.29 is 19.4 Å². The van der Waals surface area contributed by atoms with E-state index in [1.54, 1.807) is 23.1 Å². The van der Waals surface area contributed by atoms with Crippen molar-refractivity contribution in [1.29, 1.82) is 0 Å². The summed E-state index contributed by atoms with van der Waals surface area (Å²) in [6, 6.07) is 6.63. The maximum atomic E-state index is 12.3. The molecule has 1 heterocycles. The molecule has 0 spiro atoms. The zero-order valence-electron chi connectivity index (χ0n) is 13.8. The fraction of sp³-hybridized carbons (Fsp3) is 0.529. The Hall–Kier alpha value is -2.24. The monoisotopic (exact) mass is 320 g/mol. The molecule has 1 aromatic rings. The van der Waals surface area contributed by atoms with Gasteiger partial charge in [-0.25, -0.2) is 4.79 Å². The number of para-hydroxylation sites is 2. The van der Waals surface area contributed by atoms with E-state index in [9.17, 15) is 14.7 Å². The Morgan fingerprint density at radius 3 is 2.39 bits per heavy atom. The summed E-state index contributed by atoms with van der Waals surface area (Å²) in [6.07, 6.45) is 0.828. The van der Waals surface area contributed by atoms with Crippen LogP contribution >= 0.6 is 0 Å². The van der Waals surface area contributed by atoms with Crippen LogP contribution < -0.4 is 5.32 Å². The second-order valence-electron chi connectivity index (χ2n) is 6.75. The van der Waals surface area contributed by atoms with Gasteiger partial charge in [0.1, 0.15) is 11.4 Å². The first-order valence-electron chi connectivity index (χ1n) is 7.83. The molecule has 0 unspecified atom stereocenters. The van der Waals surface area contributed by atoms with Crippen LogP contribution in [-0.4, -0.2) is 40.7 Å². The molecule has 1 aromatic carbocycles.